The SMILES string of the molecule is Cc1ccccc1N(C)C(=O)CCCCCl. The Balaban J connectivity index is 2.60. The molecule has 0 aliphatic heterocycles. The fourth-order valence-corrected chi connectivity index (χ4v) is 1.80. The third kappa shape index (κ3) is 3.53. The molecule has 0 N–H and O–H groups in total. The molecule has 16 heavy (non-hydrogen) atoms. The average molecular weight is 240 g/mol. The quantitative estimate of drug-likeness (QED) is 0.570. The van der Waals surface area contributed by atoms with Crippen LogP contribution in [0.25, 0.3) is 0 Å². The van der Waals surface area contributed by atoms with Crippen LogP contribution in [0.4, 0.5) is 5.69 Å². The number of carbonyl (C=O) groups is 1. The molecule has 1 aromatic rings. The number of hydrogen-bond donors (Lipinski definition) is 0. The summed E-state index contributed by atoms with van der Waals surface area (Å²) >= 11 is 5.58. The van der Waals surface area contributed by atoms with E-state index in [0.29, 0.717) is 12.3 Å². The van der Waals surface area contributed by atoms with Gasteiger partial charge in [-0.2, -0.15) is 0 Å². The van der Waals surface area contributed by atoms with Crippen molar-refractivity contribution in [2.45, 2.75) is 26.2 Å². The molecule has 1 aromatic carbocycles. The predicted molar refractivity (Wildman–Crippen MR) is 69.2 cm³/mol. The fraction of sp³-hybridized carbons (Fsp3) is 0.462. The van der Waals surface area contributed by atoms with E-state index in [2.05, 4.69) is 0 Å². The Morgan fingerprint density at radius 1 is 1.31 bits per heavy atom. The second-order valence-corrected chi connectivity index (χ2v) is 4.26. The molecule has 0 unspecified atom stereocenters. The van der Waals surface area contributed by atoms with E-state index in [9.17, 15) is 4.79 Å². The first kappa shape index (κ1) is 13.0. The van der Waals surface area contributed by atoms with Crippen LogP contribution in [0.1, 0.15) is 24.8 Å². The number of unbranched alkanes of at least 4 members (excludes halogenated alkanes) is 1. The number of nitrogens with zero attached hydrogens (tertiary/aromatic N) is 1. The van der Waals surface area contributed by atoms with Gasteiger partial charge in [-0.15, -0.1) is 11.6 Å². The molecule has 0 heterocycles. The van der Waals surface area contributed by atoms with Crippen LogP contribution in [0, 0.1) is 6.92 Å². The highest BCUT2D eigenvalue weighted by molar-refractivity contribution is 6.17. The van der Waals surface area contributed by atoms with Gasteiger partial charge in [0.05, 0.1) is 0 Å². The number of halogens is 1. The summed E-state index contributed by atoms with van der Waals surface area (Å²) in [6, 6.07) is 7.90. The molecule has 0 aliphatic rings. The van der Waals surface area contributed by atoms with Crippen LogP contribution in [0.2, 0.25) is 0 Å². The van der Waals surface area contributed by atoms with E-state index in [1.165, 1.54) is 0 Å². The first-order valence-electron chi connectivity index (χ1n) is 5.55. The van der Waals surface area contributed by atoms with Crippen LogP contribution in [-0.2, 0) is 4.79 Å². The largest absolute Gasteiger partial charge is 0.315 e. The highest BCUT2D eigenvalue weighted by Gasteiger charge is 2.11. The minimum Gasteiger partial charge on any atom is -0.315 e. The lowest BCUT2D eigenvalue weighted by atomic mass is 10.1. The number of amides is 1. The fourth-order valence-electron chi connectivity index (χ4n) is 1.61. The standard InChI is InChI=1S/C13H18ClNO/c1-11-7-3-4-8-12(11)15(2)13(16)9-5-6-10-14/h3-4,7-8H,5-6,9-10H2,1-2H3. The normalized spacial score (nSPS) is 10.2. The second kappa shape index (κ2) is 6.54. The summed E-state index contributed by atoms with van der Waals surface area (Å²) < 4.78 is 0. The number of alkyl halides is 1. The number of rotatable bonds is 5. The van der Waals surface area contributed by atoms with E-state index in [1.54, 1.807) is 4.90 Å². The van der Waals surface area contributed by atoms with Crippen molar-refractivity contribution in [1.29, 1.82) is 0 Å². The van der Waals surface area contributed by atoms with Gasteiger partial charge in [0.15, 0.2) is 0 Å². The van der Waals surface area contributed by atoms with E-state index < -0.39 is 0 Å². The van der Waals surface area contributed by atoms with Gasteiger partial charge in [0.25, 0.3) is 0 Å². The first-order chi connectivity index (χ1) is 7.66. The minimum absolute atomic E-state index is 0.152. The van der Waals surface area contributed by atoms with Crippen molar-refractivity contribution < 1.29 is 4.79 Å². The zero-order chi connectivity index (χ0) is 12.0. The molecule has 2 nitrogen and oxygen atoms in total. The molecule has 0 fully saturated rings. The van der Waals surface area contributed by atoms with Crippen molar-refractivity contribution in [3.8, 4) is 0 Å². The lowest BCUT2D eigenvalue weighted by Crippen LogP contribution is -2.26. The Morgan fingerprint density at radius 3 is 2.62 bits per heavy atom. The first-order valence-corrected chi connectivity index (χ1v) is 6.08. The maximum absolute atomic E-state index is 11.9. The molecule has 3 heteroatoms. The molecule has 0 radical (unpaired) electrons. The number of benzene rings is 1. The molecule has 0 spiro atoms. The van der Waals surface area contributed by atoms with Crippen LogP contribution >= 0.6 is 11.6 Å². The van der Waals surface area contributed by atoms with Gasteiger partial charge >= 0.3 is 0 Å². The lowest BCUT2D eigenvalue weighted by Gasteiger charge is -2.19. The maximum Gasteiger partial charge on any atom is 0.226 e. The van der Waals surface area contributed by atoms with E-state index in [-0.39, 0.29) is 5.91 Å². The van der Waals surface area contributed by atoms with Crippen LogP contribution < -0.4 is 4.90 Å². The van der Waals surface area contributed by atoms with Crippen molar-refractivity contribution in [3.05, 3.63) is 29.8 Å². The summed E-state index contributed by atoms with van der Waals surface area (Å²) in [5.41, 5.74) is 2.11. The second-order valence-electron chi connectivity index (χ2n) is 3.89. The van der Waals surface area contributed by atoms with Crippen molar-refractivity contribution in [3.63, 3.8) is 0 Å². The van der Waals surface area contributed by atoms with Crippen molar-refractivity contribution >= 4 is 23.2 Å². The highest BCUT2D eigenvalue weighted by Crippen LogP contribution is 2.18. The van der Waals surface area contributed by atoms with Gasteiger partial charge in [-0.3, -0.25) is 4.79 Å². The van der Waals surface area contributed by atoms with Crippen LogP contribution in [-0.4, -0.2) is 18.8 Å². The topological polar surface area (TPSA) is 20.3 Å². The third-order valence-corrected chi connectivity index (χ3v) is 2.89. The summed E-state index contributed by atoms with van der Waals surface area (Å²) in [6.07, 6.45) is 2.32. The monoisotopic (exact) mass is 239 g/mol. The lowest BCUT2D eigenvalue weighted by molar-refractivity contribution is -0.118. The molecule has 1 rings (SSSR count). The molecule has 0 saturated carbocycles. The van der Waals surface area contributed by atoms with Crippen LogP contribution in [0.3, 0.4) is 0 Å². The highest BCUT2D eigenvalue weighted by atomic mass is 35.5. The molecule has 0 aromatic heterocycles. The van der Waals surface area contributed by atoms with E-state index >= 15 is 0 Å². The summed E-state index contributed by atoms with van der Waals surface area (Å²) in [5.74, 6) is 0.779. The van der Waals surface area contributed by atoms with Crippen molar-refractivity contribution in [2.75, 3.05) is 17.8 Å². The van der Waals surface area contributed by atoms with Gasteiger partial charge in [-0.25, -0.2) is 0 Å². The Bertz CT molecular complexity index is 352. The van der Waals surface area contributed by atoms with Gasteiger partial charge in [0, 0.05) is 25.0 Å². The summed E-state index contributed by atoms with van der Waals surface area (Å²) in [7, 11) is 1.82. The Hall–Kier alpha value is -1.02. The van der Waals surface area contributed by atoms with Crippen molar-refractivity contribution in [1.82, 2.24) is 0 Å². The molecule has 1 amide bonds. The summed E-state index contributed by atoms with van der Waals surface area (Å²) in [5, 5.41) is 0. The molecule has 0 bridgehead atoms. The van der Waals surface area contributed by atoms with Crippen LogP contribution in [0.5, 0.6) is 0 Å². The van der Waals surface area contributed by atoms with Gasteiger partial charge in [0.1, 0.15) is 0 Å². The minimum atomic E-state index is 0.152. The zero-order valence-electron chi connectivity index (χ0n) is 9.87. The smallest absolute Gasteiger partial charge is 0.226 e. The summed E-state index contributed by atoms with van der Waals surface area (Å²) in [4.78, 5) is 13.6. The zero-order valence-corrected chi connectivity index (χ0v) is 10.6. The molecular formula is C13H18ClNO. The molecule has 0 atom stereocenters. The molecule has 0 saturated heterocycles. The predicted octanol–water partition coefficient (Wildman–Crippen LogP) is 3.37. The number of anilines is 1. The average Bonchev–Trinajstić information content (AvgIpc) is 2.29. The molecule has 88 valence electrons. The maximum atomic E-state index is 11.9. The van der Waals surface area contributed by atoms with Crippen molar-refractivity contribution in [2.24, 2.45) is 0 Å². The number of carbonyl (C=O) groups excluding carboxylic acids is 1. The van der Waals surface area contributed by atoms with E-state index in [0.717, 1.165) is 24.1 Å². The Morgan fingerprint density at radius 2 is 2.00 bits per heavy atom. The molecule has 0 aliphatic carbocycles. The summed E-state index contributed by atoms with van der Waals surface area (Å²) in [6.45, 7) is 2.01. The van der Waals surface area contributed by atoms with Crippen LogP contribution in [0.15, 0.2) is 24.3 Å². The van der Waals surface area contributed by atoms with Gasteiger partial charge < -0.3 is 4.90 Å². The Labute approximate surface area is 102 Å². The number of hydrogen-bond acceptors (Lipinski definition) is 1. The third-order valence-electron chi connectivity index (χ3n) is 2.63. The van der Waals surface area contributed by atoms with Gasteiger partial charge in [-0.1, -0.05) is 18.2 Å². The van der Waals surface area contributed by atoms with E-state index in [1.807, 2.05) is 38.2 Å². The molecular weight excluding hydrogens is 222 g/mol. The number of para-hydroxylation sites is 1. The van der Waals surface area contributed by atoms with Gasteiger partial charge in [0.2, 0.25) is 5.91 Å². The Kier molecular flexibility index (Phi) is 5.33. The number of aryl methyl sites for hydroxylation is 1. The van der Waals surface area contributed by atoms with Gasteiger partial charge in [-0.05, 0) is 31.4 Å². The van der Waals surface area contributed by atoms with E-state index in [4.69, 9.17) is 11.6 Å².